The lowest BCUT2D eigenvalue weighted by Crippen LogP contribution is -2.42. The van der Waals surface area contributed by atoms with E-state index >= 15 is 0 Å². The Kier molecular flexibility index (Phi) is 7.43. The molecule has 1 amide bonds. The summed E-state index contributed by atoms with van der Waals surface area (Å²) < 4.78 is 5.54. The largest absolute Gasteiger partial charge is 0.496 e. The number of nitrogens with zero attached hydrogens (tertiary/aromatic N) is 1. The van der Waals surface area contributed by atoms with Gasteiger partial charge in [0.15, 0.2) is 0 Å². The zero-order valence-corrected chi connectivity index (χ0v) is 18.8. The summed E-state index contributed by atoms with van der Waals surface area (Å²) >= 11 is 0. The number of ether oxygens (including phenoxy) is 1. The molecule has 4 nitrogen and oxygen atoms in total. The van der Waals surface area contributed by atoms with Crippen LogP contribution in [0.2, 0.25) is 0 Å². The maximum absolute atomic E-state index is 13.6. The van der Waals surface area contributed by atoms with Crippen LogP contribution in [-0.2, 0) is 17.8 Å². The second-order valence-electron chi connectivity index (χ2n) is 8.69. The molecule has 2 aromatic rings. The summed E-state index contributed by atoms with van der Waals surface area (Å²) in [4.78, 5) is 15.8. The lowest BCUT2D eigenvalue weighted by atomic mass is 9.91. The first-order valence-corrected chi connectivity index (χ1v) is 10.8. The van der Waals surface area contributed by atoms with Crippen molar-refractivity contribution < 1.29 is 9.53 Å². The van der Waals surface area contributed by atoms with Crippen LogP contribution in [0.3, 0.4) is 0 Å². The molecule has 1 saturated heterocycles. The van der Waals surface area contributed by atoms with Gasteiger partial charge < -0.3 is 15.0 Å². The van der Waals surface area contributed by atoms with Crippen LogP contribution in [0.15, 0.2) is 54.6 Å². The minimum Gasteiger partial charge on any atom is -0.496 e. The number of benzene rings is 2. The topological polar surface area (TPSA) is 41.6 Å². The van der Waals surface area contributed by atoms with Crippen molar-refractivity contribution in [2.24, 2.45) is 11.3 Å². The summed E-state index contributed by atoms with van der Waals surface area (Å²) in [5.41, 5.74) is 2.59. The van der Waals surface area contributed by atoms with Gasteiger partial charge in [-0.2, -0.15) is 0 Å². The Hall–Kier alpha value is -2.04. The van der Waals surface area contributed by atoms with Crippen LogP contribution in [0.1, 0.15) is 37.3 Å². The molecule has 1 aliphatic carbocycles. The van der Waals surface area contributed by atoms with Crippen molar-refractivity contribution in [1.29, 1.82) is 0 Å². The second kappa shape index (κ2) is 9.84. The molecule has 2 fully saturated rings. The summed E-state index contributed by atoms with van der Waals surface area (Å²) in [6.45, 7) is 4.92. The average Bonchev–Trinajstić information content (AvgIpc) is 3.45. The molecule has 2 atom stereocenters. The van der Waals surface area contributed by atoms with E-state index in [0.717, 1.165) is 50.1 Å². The normalized spacial score (nSPS) is 20.1. The van der Waals surface area contributed by atoms with E-state index in [1.54, 1.807) is 7.11 Å². The van der Waals surface area contributed by atoms with Gasteiger partial charge in [-0.05, 0) is 68.3 Å². The van der Waals surface area contributed by atoms with E-state index in [2.05, 4.69) is 35.3 Å². The second-order valence-corrected chi connectivity index (χ2v) is 8.69. The molecule has 162 valence electrons. The predicted octanol–water partition coefficient (Wildman–Crippen LogP) is 4.47. The highest BCUT2D eigenvalue weighted by atomic mass is 35.5. The monoisotopic (exact) mass is 428 g/mol. The summed E-state index contributed by atoms with van der Waals surface area (Å²) in [6, 6.07) is 18.6. The molecule has 2 aliphatic rings. The van der Waals surface area contributed by atoms with Gasteiger partial charge in [0.1, 0.15) is 5.75 Å². The highest BCUT2D eigenvalue weighted by Crippen LogP contribution is 2.59. The van der Waals surface area contributed by atoms with Crippen LogP contribution in [0.25, 0.3) is 0 Å². The minimum atomic E-state index is 0. The lowest BCUT2D eigenvalue weighted by molar-refractivity contribution is -0.136. The number of halogens is 1. The van der Waals surface area contributed by atoms with Gasteiger partial charge in [-0.3, -0.25) is 4.79 Å². The van der Waals surface area contributed by atoms with Gasteiger partial charge in [-0.25, -0.2) is 0 Å². The average molecular weight is 429 g/mol. The molecule has 5 heteroatoms. The van der Waals surface area contributed by atoms with Crippen LogP contribution in [0.5, 0.6) is 5.75 Å². The van der Waals surface area contributed by atoms with Crippen molar-refractivity contribution in [1.82, 2.24) is 10.2 Å². The number of carbonyl (C=O) groups excluding carboxylic acids is 1. The fourth-order valence-corrected chi connectivity index (χ4v) is 4.91. The number of hydrogen-bond acceptors (Lipinski definition) is 3. The van der Waals surface area contributed by atoms with Crippen LogP contribution in [-0.4, -0.2) is 37.0 Å². The SMILES string of the molecule is COc1ccccc1CC(C)N(Cc1ccccc1)C(=O)C1CC12CCNCC2.Cl. The van der Waals surface area contributed by atoms with E-state index in [4.69, 9.17) is 4.74 Å². The third kappa shape index (κ3) is 4.81. The van der Waals surface area contributed by atoms with Gasteiger partial charge in [0.2, 0.25) is 5.91 Å². The molecular weight excluding hydrogens is 396 g/mol. The van der Waals surface area contributed by atoms with Crippen molar-refractivity contribution in [3.63, 3.8) is 0 Å². The number of methoxy groups -OCH3 is 1. The Morgan fingerprint density at radius 3 is 2.50 bits per heavy atom. The van der Waals surface area contributed by atoms with E-state index < -0.39 is 0 Å². The zero-order valence-electron chi connectivity index (χ0n) is 18.0. The Morgan fingerprint density at radius 1 is 1.13 bits per heavy atom. The highest BCUT2D eigenvalue weighted by molar-refractivity contribution is 5.85. The van der Waals surface area contributed by atoms with Gasteiger partial charge in [-0.15, -0.1) is 12.4 Å². The molecule has 1 N–H and O–H groups in total. The highest BCUT2D eigenvalue weighted by Gasteiger charge is 2.58. The van der Waals surface area contributed by atoms with E-state index in [1.807, 2.05) is 36.4 Å². The van der Waals surface area contributed by atoms with Gasteiger partial charge >= 0.3 is 0 Å². The number of nitrogens with one attached hydrogen (secondary N) is 1. The maximum Gasteiger partial charge on any atom is 0.226 e. The van der Waals surface area contributed by atoms with Crippen molar-refractivity contribution in [3.05, 3.63) is 65.7 Å². The molecule has 2 unspecified atom stereocenters. The number of carbonyl (C=O) groups is 1. The fourth-order valence-electron chi connectivity index (χ4n) is 4.91. The van der Waals surface area contributed by atoms with Gasteiger partial charge in [0.25, 0.3) is 0 Å². The predicted molar refractivity (Wildman–Crippen MR) is 123 cm³/mol. The Morgan fingerprint density at radius 2 is 1.80 bits per heavy atom. The molecule has 1 aliphatic heterocycles. The number of piperidine rings is 1. The van der Waals surface area contributed by atoms with Crippen LogP contribution < -0.4 is 10.1 Å². The first kappa shape index (κ1) is 22.6. The maximum atomic E-state index is 13.6. The molecule has 1 spiro atoms. The molecule has 0 radical (unpaired) electrons. The smallest absolute Gasteiger partial charge is 0.226 e. The van der Waals surface area contributed by atoms with E-state index in [0.29, 0.717) is 12.5 Å². The summed E-state index contributed by atoms with van der Waals surface area (Å²) in [6.07, 6.45) is 4.11. The molecule has 0 aromatic heterocycles. The summed E-state index contributed by atoms with van der Waals surface area (Å²) in [7, 11) is 1.71. The standard InChI is InChI=1S/C25H32N2O2.ClH/c1-19(16-21-10-6-7-11-23(21)29-2)27(18-20-8-4-3-5-9-20)24(28)22-17-25(22)12-14-26-15-13-25;/h3-11,19,22,26H,12-18H2,1-2H3;1H. The number of amides is 1. The number of hydrogen-bond donors (Lipinski definition) is 1. The van der Waals surface area contributed by atoms with Gasteiger partial charge in [0, 0.05) is 18.5 Å². The fraction of sp³-hybridized carbons (Fsp3) is 0.480. The Balaban J connectivity index is 0.00000256. The van der Waals surface area contributed by atoms with Crippen molar-refractivity contribution in [3.8, 4) is 5.75 Å². The van der Waals surface area contributed by atoms with Crippen molar-refractivity contribution >= 4 is 18.3 Å². The molecule has 0 bridgehead atoms. The summed E-state index contributed by atoms with van der Waals surface area (Å²) in [5.74, 6) is 1.42. The van der Waals surface area contributed by atoms with E-state index in [9.17, 15) is 4.79 Å². The first-order valence-electron chi connectivity index (χ1n) is 10.8. The lowest BCUT2D eigenvalue weighted by Gasteiger charge is -2.32. The van der Waals surface area contributed by atoms with E-state index in [1.165, 1.54) is 5.56 Å². The van der Waals surface area contributed by atoms with Crippen molar-refractivity contribution in [2.45, 2.75) is 45.2 Å². The molecule has 1 heterocycles. The zero-order chi connectivity index (χ0) is 20.3. The molecule has 1 saturated carbocycles. The number of para-hydroxylation sites is 1. The third-order valence-corrected chi connectivity index (χ3v) is 6.81. The Bertz CT molecular complexity index is 836. The van der Waals surface area contributed by atoms with Crippen LogP contribution in [0, 0.1) is 11.3 Å². The van der Waals surface area contributed by atoms with Crippen LogP contribution in [0.4, 0.5) is 0 Å². The third-order valence-electron chi connectivity index (χ3n) is 6.81. The minimum absolute atomic E-state index is 0. The van der Waals surface area contributed by atoms with Crippen LogP contribution >= 0.6 is 12.4 Å². The molecular formula is C25H33ClN2O2. The molecule has 30 heavy (non-hydrogen) atoms. The van der Waals surface area contributed by atoms with Gasteiger partial charge in [0.05, 0.1) is 7.11 Å². The number of rotatable bonds is 7. The van der Waals surface area contributed by atoms with Gasteiger partial charge in [-0.1, -0.05) is 48.5 Å². The molecule has 4 rings (SSSR count). The van der Waals surface area contributed by atoms with E-state index in [-0.39, 0.29) is 29.8 Å². The Labute approximate surface area is 186 Å². The summed E-state index contributed by atoms with van der Waals surface area (Å²) in [5, 5.41) is 3.44. The first-order chi connectivity index (χ1) is 14.1. The molecule has 2 aromatic carbocycles. The van der Waals surface area contributed by atoms with Crippen molar-refractivity contribution in [2.75, 3.05) is 20.2 Å². The quantitative estimate of drug-likeness (QED) is 0.707.